The Bertz CT molecular complexity index is 743. The van der Waals surface area contributed by atoms with E-state index in [4.69, 9.17) is 0 Å². The third-order valence-electron chi connectivity index (χ3n) is 4.22. The first-order chi connectivity index (χ1) is 11.0. The van der Waals surface area contributed by atoms with Gasteiger partial charge in [0.05, 0.1) is 12.6 Å². The number of benzene rings is 1. The van der Waals surface area contributed by atoms with E-state index in [1.54, 1.807) is 23.1 Å². The van der Waals surface area contributed by atoms with Crippen molar-refractivity contribution < 1.29 is 9.77 Å². The summed E-state index contributed by atoms with van der Waals surface area (Å²) in [5.74, 6) is -0.362. The van der Waals surface area contributed by atoms with Gasteiger partial charge in [0, 0.05) is 5.10 Å². The molecule has 0 aliphatic carbocycles. The molecule has 1 aromatic heterocycles. The minimum Gasteiger partial charge on any atom is -0.723 e. The molecule has 0 amide bonds. The highest BCUT2D eigenvalue weighted by atomic mass is 16.6. The van der Waals surface area contributed by atoms with Gasteiger partial charge < -0.3 is 15.3 Å². The standard InChI is InChI=1S/C15H19N5O3/c1-11-6-5-8-13(10-11)18-16-14(20(22)23)15(19(18)21)17-9-4-3-7-12(17)2/h5-6,8,10,12H,3-4,7,9H2,1-2H3/t12-/m0/s1. The fourth-order valence-electron chi connectivity index (χ4n) is 3.03. The molecule has 2 heterocycles. The van der Waals surface area contributed by atoms with Crippen LogP contribution in [0, 0.1) is 22.2 Å². The van der Waals surface area contributed by atoms with Gasteiger partial charge in [0.25, 0.3) is 0 Å². The van der Waals surface area contributed by atoms with Crippen LogP contribution in [0.4, 0.5) is 11.6 Å². The van der Waals surface area contributed by atoms with Gasteiger partial charge in [-0.05, 0) is 55.7 Å². The number of nitro groups is 1. The van der Waals surface area contributed by atoms with Gasteiger partial charge in [-0.1, -0.05) is 16.9 Å². The quantitative estimate of drug-likeness (QED) is 0.374. The maximum atomic E-state index is 12.7. The molecular weight excluding hydrogens is 298 g/mol. The van der Waals surface area contributed by atoms with Crippen molar-refractivity contribution in [2.24, 2.45) is 0 Å². The first-order valence-electron chi connectivity index (χ1n) is 7.70. The molecule has 0 spiro atoms. The van der Waals surface area contributed by atoms with Crippen molar-refractivity contribution in [1.82, 2.24) is 9.90 Å². The third-order valence-corrected chi connectivity index (χ3v) is 4.22. The van der Waals surface area contributed by atoms with Gasteiger partial charge in [-0.2, -0.15) is 4.85 Å². The molecule has 0 radical (unpaired) electrons. The predicted octanol–water partition coefficient (Wildman–Crippen LogP) is 2.10. The first kappa shape index (κ1) is 15.3. The van der Waals surface area contributed by atoms with E-state index in [1.807, 2.05) is 19.9 Å². The number of nitrogens with zero attached hydrogens (tertiary/aromatic N) is 5. The Balaban J connectivity index is 2.13. The van der Waals surface area contributed by atoms with E-state index < -0.39 is 10.7 Å². The molecule has 1 atom stereocenters. The van der Waals surface area contributed by atoms with Crippen LogP contribution < -0.4 is 9.75 Å². The monoisotopic (exact) mass is 317 g/mol. The zero-order valence-corrected chi connectivity index (χ0v) is 13.2. The highest BCUT2D eigenvalue weighted by Crippen LogP contribution is 2.29. The van der Waals surface area contributed by atoms with Crippen LogP contribution in [0.25, 0.3) is 5.69 Å². The van der Waals surface area contributed by atoms with Gasteiger partial charge in [-0.25, -0.2) is 0 Å². The van der Waals surface area contributed by atoms with Crippen LogP contribution in [0.3, 0.4) is 0 Å². The molecule has 122 valence electrons. The molecule has 0 unspecified atom stereocenters. The summed E-state index contributed by atoms with van der Waals surface area (Å²) in [6, 6.07) is 7.25. The van der Waals surface area contributed by atoms with Crippen molar-refractivity contribution in [2.45, 2.75) is 39.2 Å². The van der Waals surface area contributed by atoms with E-state index in [0.29, 0.717) is 17.1 Å². The van der Waals surface area contributed by atoms with Gasteiger partial charge in [0.2, 0.25) is 0 Å². The summed E-state index contributed by atoms with van der Waals surface area (Å²) in [6.45, 7) is 4.50. The highest BCUT2D eigenvalue weighted by Gasteiger charge is 2.36. The SMILES string of the molecule is Cc1cccc(-n2nc([N+](=O)[O-])c(N3CCCC[C@@H]3C)[n+]2[O-])c1. The Labute approximate surface area is 133 Å². The van der Waals surface area contributed by atoms with Crippen molar-refractivity contribution >= 4 is 11.6 Å². The topological polar surface area (TPSA) is 91.1 Å². The Morgan fingerprint density at radius 3 is 2.83 bits per heavy atom. The van der Waals surface area contributed by atoms with E-state index in [9.17, 15) is 15.3 Å². The summed E-state index contributed by atoms with van der Waals surface area (Å²) in [5.41, 5.74) is 1.47. The summed E-state index contributed by atoms with van der Waals surface area (Å²) in [5, 5.41) is 28.1. The summed E-state index contributed by atoms with van der Waals surface area (Å²) >= 11 is 0. The van der Waals surface area contributed by atoms with E-state index in [0.717, 1.165) is 29.6 Å². The molecule has 23 heavy (non-hydrogen) atoms. The number of hydrogen-bond acceptors (Lipinski definition) is 5. The second kappa shape index (κ2) is 5.86. The van der Waals surface area contributed by atoms with E-state index >= 15 is 0 Å². The van der Waals surface area contributed by atoms with Crippen molar-refractivity contribution in [3.05, 3.63) is 45.2 Å². The van der Waals surface area contributed by atoms with Crippen LogP contribution in [0.1, 0.15) is 31.7 Å². The first-order valence-corrected chi connectivity index (χ1v) is 7.70. The lowest BCUT2D eigenvalue weighted by Gasteiger charge is -2.30. The Kier molecular flexibility index (Phi) is 3.89. The Morgan fingerprint density at radius 2 is 2.17 bits per heavy atom. The summed E-state index contributed by atoms with van der Waals surface area (Å²) in [7, 11) is 0. The predicted molar refractivity (Wildman–Crippen MR) is 84.6 cm³/mol. The third kappa shape index (κ3) is 2.71. The molecule has 3 rings (SSSR count). The molecule has 1 aliphatic heterocycles. The Morgan fingerprint density at radius 1 is 1.39 bits per heavy atom. The molecule has 2 aromatic rings. The number of hydrogen-bond donors (Lipinski definition) is 0. The summed E-state index contributed by atoms with van der Waals surface area (Å²) in [4.78, 5) is 14.2. The van der Waals surface area contributed by atoms with Crippen LogP contribution in [0.15, 0.2) is 24.3 Å². The van der Waals surface area contributed by atoms with Gasteiger partial charge >= 0.3 is 11.6 Å². The van der Waals surface area contributed by atoms with Crippen molar-refractivity contribution in [3.63, 3.8) is 0 Å². The lowest BCUT2D eigenvalue weighted by atomic mass is 10.0. The largest absolute Gasteiger partial charge is 0.723 e. The lowest BCUT2D eigenvalue weighted by Crippen LogP contribution is -2.47. The molecule has 0 bridgehead atoms. The molecule has 1 aromatic carbocycles. The number of rotatable bonds is 3. The second-order valence-electron chi connectivity index (χ2n) is 5.94. The zero-order valence-electron chi connectivity index (χ0n) is 13.2. The minimum absolute atomic E-state index is 0.0312. The molecule has 1 saturated heterocycles. The number of piperidine rings is 1. The molecule has 0 saturated carbocycles. The lowest BCUT2D eigenvalue weighted by molar-refractivity contribution is -0.677. The molecule has 8 nitrogen and oxygen atoms in total. The molecule has 1 aliphatic rings. The second-order valence-corrected chi connectivity index (χ2v) is 5.94. The molecular formula is C15H19N5O3. The van der Waals surface area contributed by atoms with E-state index in [1.165, 1.54) is 0 Å². The smallest absolute Gasteiger partial charge is 0.428 e. The number of aryl methyl sites for hydroxylation is 1. The van der Waals surface area contributed by atoms with Crippen LogP contribution in [-0.2, 0) is 0 Å². The van der Waals surface area contributed by atoms with Crippen LogP contribution in [-0.4, -0.2) is 27.4 Å². The summed E-state index contributed by atoms with van der Waals surface area (Å²) < 4.78 is 0. The molecule has 1 fully saturated rings. The van der Waals surface area contributed by atoms with Gasteiger partial charge in [-0.15, -0.1) is 0 Å². The van der Waals surface area contributed by atoms with Gasteiger partial charge in [0.1, 0.15) is 5.69 Å². The van der Waals surface area contributed by atoms with Crippen molar-refractivity contribution in [2.75, 3.05) is 11.4 Å². The van der Waals surface area contributed by atoms with Crippen LogP contribution >= 0.6 is 0 Å². The fourth-order valence-corrected chi connectivity index (χ4v) is 3.03. The molecule has 0 N–H and O–H groups in total. The normalized spacial score (nSPS) is 18.2. The highest BCUT2D eigenvalue weighted by molar-refractivity contribution is 5.50. The minimum atomic E-state index is -0.586. The average Bonchev–Trinajstić information content (AvgIpc) is 2.85. The van der Waals surface area contributed by atoms with E-state index in [2.05, 4.69) is 5.10 Å². The summed E-state index contributed by atoms with van der Waals surface area (Å²) in [6.07, 6.45) is 2.89. The number of anilines is 1. The van der Waals surface area contributed by atoms with Gasteiger partial charge in [-0.3, -0.25) is 4.90 Å². The van der Waals surface area contributed by atoms with E-state index in [-0.39, 0.29) is 11.9 Å². The maximum absolute atomic E-state index is 12.7. The average molecular weight is 317 g/mol. The fraction of sp³-hybridized carbons (Fsp3) is 0.467. The van der Waals surface area contributed by atoms with Crippen molar-refractivity contribution in [1.29, 1.82) is 0 Å². The number of aromatic nitrogens is 3. The zero-order chi connectivity index (χ0) is 16.6. The van der Waals surface area contributed by atoms with Crippen molar-refractivity contribution in [3.8, 4) is 5.69 Å². The van der Waals surface area contributed by atoms with Gasteiger partial charge in [0.15, 0.2) is 0 Å². The van der Waals surface area contributed by atoms with Crippen LogP contribution in [0.2, 0.25) is 0 Å². The van der Waals surface area contributed by atoms with Crippen LogP contribution in [0.5, 0.6) is 0 Å². The maximum Gasteiger partial charge on any atom is 0.428 e. The molecule has 8 heteroatoms. The Hall–Kier alpha value is -2.64.